The van der Waals surface area contributed by atoms with Crippen molar-refractivity contribution in [2.45, 2.75) is 19.5 Å². The number of carbonyl (C=O) groups is 1. The highest BCUT2D eigenvalue weighted by Gasteiger charge is 2.33. The second kappa shape index (κ2) is 11.2. The lowest BCUT2D eigenvalue weighted by Gasteiger charge is -2.17. The predicted molar refractivity (Wildman–Crippen MR) is 141 cm³/mol. The first-order valence-electron chi connectivity index (χ1n) is 12.4. The highest BCUT2D eigenvalue weighted by atomic mass is 19.4. The van der Waals surface area contributed by atoms with E-state index >= 15 is 0 Å². The summed E-state index contributed by atoms with van der Waals surface area (Å²) in [4.78, 5) is 28.7. The Bertz CT molecular complexity index is 1660. The Balaban J connectivity index is 1.98. The summed E-state index contributed by atoms with van der Waals surface area (Å²) in [6, 6.07) is 13.1. The Labute approximate surface area is 228 Å². The van der Waals surface area contributed by atoms with E-state index in [-0.39, 0.29) is 23.6 Å². The molecule has 9 nitrogen and oxygen atoms in total. The molecular formula is C28H27F3N6O3. The zero-order valence-electron chi connectivity index (χ0n) is 22.4. The fraction of sp³-hybridized carbons (Fsp3) is 0.286. The van der Waals surface area contributed by atoms with Gasteiger partial charge >= 0.3 is 12.1 Å². The summed E-state index contributed by atoms with van der Waals surface area (Å²) in [5.41, 5.74) is 0.142. The Kier molecular flexibility index (Phi) is 7.97. The quantitative estimate of drug-likeness (QED) is 0.304. The lowest BCUT2D eigenvalue weighted by atomic mass is 10.1. The van der Waals surface area contributed by atoms with Gasteiger partial charge in [-0.25, -0.2) is 14.2 Å². The average Bonchev–Trinajstić information content (AvgIpc) is 3.48. The molecule has 208 valence electrons. The topological polar surface area (TPSA) is 98.1 Å². The number of benzene rings is 2. The highest BCUT2D eigenvalue weighted by molar-refractivity contribution is 5.96. The van der Waals surface area contributed by atoms with Gasteiger partial charge in [0.1, 0.15) is 5.69 Å². The van der Waals surface area contributed by atoms with Crippen LogP contribution in [0.4, 0.5) is 13.2 Å². The van der Waals surface area contributed by atoms with Gasteiger partial charge in [0, 0.05) is 13.6 Å². The standard InChI is InChI=1S/C28H27F3N6O3/c1-5-40-27(39)24-25(35(4)37(26(24)38)21-8-6-7-20(16-21)28(29,30)31)23-11-13-33-36(23)22-10-9-18(17-32)15-19(22)12-14-34(2)3/h6-11,13,15-16H,5,12,14H2,1-4H3. The molecule has 0 aliphatic heterocycles. The molecule has 2 aromatic heterocycles. The smallest absolute Gasteiger partial charge is 0.416 e. The van der Waals surface area contributed by atoms with E-state index in [4.69, 9.17) is 4.74 Å². The van der Waals surface area contributed by atoms with E-state index < -0.39 is 23.3 Å². The van der Waals surface area contributed by atoms with Gasteiger partial charge in [0.05, 0.1) is 47.1 Å². The van der Waals surface area contributed by atoms with Crippen LogP contribution < -0.4 is 5.56 Å². The van der Waals surface area contributed by atoms with E-state index in [0.717, 1.165) is 22.4 Å². The molecule has 4 aromatic rings. The molecule has 4 rings (SSSR count). The number of aromatic nitrogens is 4. The third kappa shape index (κ3) is 5.41. The summed E-state index contributed by atoms with van der Waals surface area (Å²) in [5.74, 6) is -0.913. The number of halogens is 3. The van der Waals surface area contributed by atoms with E-state index in [0.29, 0.717) is 29.9 Å². The molecule has 0 radical (unpaired) electrons. The molecule has 2 heterocycles. The van der Waals surface area contributed by atoms with Crippen LogP contribution in [-0.4, -0.2) is 57.3 Å². The van der Waals surface area contributed by atoms with Crippen molar-refractivity contribution in [3.05, 3.63) is 87.3 Å². The molecule has 0 unspecified atom stereocenters. The average molecular weight is 553 g/mol. The van der Waals surface area contributed by atoms with Crippen molar-refractivity contribution in [2.75, 3.05) is 27.2 Å². The van der Waals surface area contributed by atoms with Gasteiger partial charge in [0.15, 0.2) is 5.56 Å². The number of hydrogen-bond donors (Lipinski definition) is 0. The number of ether oxygens (including phenoxy) is 1. The van der Waals surface area contributed by atoms with E-state index in [1.807, 2.05) is 19.0 Å². The third-order valence-corrected chi connectivity index (χ3v) is 6.31. The van der Waals surface area contributed by atoms with Crippen LogP contribution in [-0.2, 0) is 24.4 Å². The van der Waals surface area contributed by atoms with Crippen molar-refractivity contribution in [1.82, 2.24) is 24.0 Å². The molecule has 0 bridgehead atoms. The fourth-order valence-corrected chi connectivity index (χ4v) is 4.47. The number of rotatable bonds is 8. The summed E-state index contributed by atoms with van der Waals surface area (Å²) < 4.78 is 49.4. The minimum Gasteiger partial charge on any atom is -0.462 e. The fourth-order valence-electron chi connectivity index (χ4n) is 4.47. The normalized spacial score (nSPS) is 11.6. The molecule has 0 amide bonds. The Morgan fingerprint density at radius 3 is 2.55 bits per heavy atom. The Morgan fingerprint density at radius 2 is 1.90 bits per heavy atom. The molecule has 0 saturated heterocycles. The van der Waals surface area contributed by atoms with Crippen molar-refractivity contribution in [1.29, 1.82) is 5.26 Å². The Hall–Kier alpha value is -4.63. The summed E-state index contributed by atoms with van der Waals surface area (Å²) in [5, 5.41) is 13.9. The Morgan fingerprint density at radius 1 is 1.15 bits per heavy atom. The highest BCUT2D eigenvalue weighted by Crippen LogP contribution is 2.32. The van der Waals surface area contributed by atoms with Crippen LogP contribution in [0.15, 0.2) is 59.5 Å². The van der Waals surface area contributed by atoms with Gasteiger partial charge in [0.25, 0.3) is 5.56 Å². The number of carbonyl (C=O) groups excluding carboxylic acids is 1. The van der Waals surface area contributed by atoms with E-state index in [1.54, 1.807) is 35.9 Å². The molecule has 0 aliphatic rings. The lowest BCUT2D eigenvalue weighted by Crippen LogP contribution is -2.23. The number of nitriles is 1. The van der Waals surface area contributed by atoms with Crippen LogP contribution in [0.3, 0.4) is 0 Å². The summed E-state index contributed by atoms with van der Waals surface area (Å²) in [6.07, 6.45) is -2.56. The van der Waals surface area contributed by atoms with E-state index in [2.05, 4.69) is 11.2 Å². The van der Waals surface area contributed by atoms with Crippen molar-refractivity contribution in [3.63, 3.8) is 0 Å². The van der Waals surface area contributed by atoms with Gasteiger partial charge in [-0.05, 0) is 75.5 Å². The third-order valence-electron chi connectivity index (χ3n) is 6.31. The molecule has 0 N–H and O–H groups in total. The number of hydrogen-bond acceptors (Lipinski definition) is 6. The largest absolute Gasteiger partial charge is 0.462 e. The summed E-state index contributed by atoms with van der Waals surface area (Å²) >= 11 is 0. The summed E-state index contributed by atoms with van der Waals surface area (Å²) in [6.45, 7) is 2.25. The SMILES string of the molecule is CCOC(=O)c1c(-c2ccnn2-c2ccc(C#N)cc2CCN(C)C)n(C)n(-c2cccc(C(F)(F)F)c2)c1=O. The number of likely N-dealkylation sites (N-methyl/N-ethyl adjacent to an activating group) is 1. The number of nitrogens with zero attached hydrogens (tertiary/aromatic N) is 6. The first kappa shape index (κ1) is 28.4. The monoisotopic (exact) mass is 552 g/mol. The van der Waals surface area contributed by atoms with Crippen molar-refractivity contribution in [3.8, 4) is 28.8 Å². The summed E-state index contributed by atoms with van der Waals surface area (Å²) in [7, 11) is 5.32. The van der Waals surface area contributed by atoms with Crippen molar-refractivity contribution < 1.29 is 22.7 Å². The van der Waals surface area contributed by atoms with Crippen LogP contribution in [0, 0.1) is 11.3 Å². The van der Waals surface area contributed by atoms with E-state index in [9.17, 15) is 28.0 Å². The second-order valence-electron chi connectivity index (χ2n) is 9.27. The maximum Gasteiger partial charge on any atom is 0.416 e. The van der Waals surface area contributed by atoms with Gasteiger partial charge in [-0.1, -0.05) is 6.07 Å². The lowest BCUT2D eigenvalue weighted by molar-refractivity contribution is -0.137. The molecule has 0 fully saturated rings. The first-order valence-corrected chi connectivity index (χ1v) is 12.4. The van der Waals surface area contributed by atoms with Gasteiger partial charge < -0.3 is 9.64 Å². The molecule has 0 aliphatic carbocycles. The van der Waals surface area contributed by atoms with Crippen LogP contribution in [0.25, 0.3) is 22.8 Å². The minimum absolute atomic E-state index is 0.0142. The van der Waals surface area contributed by atoms with E-state index in [1.165, 1.54) is 30.1 Å². The molecule has 0 saturated carbocycles. The van der Waals surface area contributed by atoms with Gasteiger partial charge in [-0.3, -0.25) is 9.48 Å². The van der Waals surface area contributed by atoms with Crippen LogP contribution in [0.1, 0.15) is 34.0 Å². The van der Waals surface area contributed by atoms with Crippen LogP contribution in [0.5, 0.6) is 0 Å². The molecular weight excluding hydrogens is 525 g/mol. The van der Waals surface area contributed by atoms with Crippen LogP contribution in [0.2, 0.25) is 0 Å². The van der Waals surface area contributed by atoms with Crippen molar-refractivity contribution in [2.24, 2.45) is 7.05 Å². The van der Waals surface area contributed by atoms with Crippen LogP contribution >= 0.6 is 0 Å². The van der Waals surface area contributed by atoms with Gasteiger partial charge in [-0.15, -0.1) is 0 Å². The number of alkyl halides is 3. The number of esters is 1. The molecule has 0 spiro atoms. The predicted octanol–water partition coefficient (Wildman–Crippen LogP) is 4.20. The maximum atomic E-state index is 13.6. The molecule has 40 heavy (non-hydrogen) atoms. The zero-order valence-corrected chi connectivity index (χ0v) is 22.4. The van der Waals surface area contributed by atoms with Gasteiger partial charge in [-0.2, -0.15) is 23.5 Å². The van der Waals surface area contributed by atoms with Crippen molar-refractivity contribution >= 4 is 5.97 Å². The van der Waals surface area contributed by atoms with Gasteiger partial charge in [0.2, 0.25) is 0 Å². The molecule has 12 heteroatoms. The molecule has 0 atom stereocenters. The second-order valence-corrected chi connectivity index (χ2v) is 9.27. The maximum absolute atomic E-state index is 13.6. The zero-order chi connectivity index (χ0) is 29.2. The minimum atomic E-state index is -4.63. The first-order chi connectivity index (χ1) is 19.0. The molecule has 2 aromatic carbocycles.